The first kappa shape index (κ1) is 21.5. The van der Waals surface area contributed by atoms with Gasteiger partial charge in [-0.3, -0.25) is 5.10 Å². The van der Waals surface area contributed by atoms with Gasteiger partial charge in [0.1, 0.15) is 6.10 Å². The van der Waals surface area contributed by atoms with Crippen LogP contribution >= 0.6 is 11.6 Å². The fraction of sp³-hybridized carbons (Fsp3) is 0.364. The van der Waals surface area contributed by atoms with Gasteiger partial charge < -0.3 is 15.3 Å². The largest absolute Gasteiger partial charge is 0.382 e. The molecule has 31 heavy (non-hydrogen) atoms. The second-order valence-electron chi connectivity index (χ2n) is 7.97. The fourth-order valence-electron chi connectivity index (χ4n) is 4.09. The molecule has 0 radical (unpaired) electrons. The van der Waals surface area contributed by atoms with E-state index in [9.17, 15) is 9.90 Å². The van der Waals surface area contributed by atoms with Gasteiger partial charge in [0.25, 0.3) is 5.92 Å². The molecule has 0 spiro atoms. The molecular formula is C22H23ClF2N4O2. The Hall–Kier alpha value is -2.71. The summed E-state index contributed by atoms with van der Waals surface area (Å²) in [6, 6.07) is 10.0. The highest BCUT2D eigenvalue weighted by molar-refractivity contribution is 6.31. The Morgan fingerprint density at radius 3 is 2.77 bits per heavy atom. The Kier molecular flexibility index (Phi) is 5.85. The van der Waals surface area contributed by atoms with Crippen molar-refractivity contribution < 1.29 is 18.7 Å². The third kappa shape index (κ3) is 4.36. The molecule has 3 aromatic rings. The van der Waals surface area contributed by atoms with Gasteiger partial charge in [-0.2, -0.15) is 5.10 Å². The number of aromatic nitrogens is 2. The second kappa shape index (κ2) is 8.43. The molecule has 1 fully saturated rings. The summed E-state index contributed by atoms with van der Waals surface area (Å²) in [5.74, 6) is -4.45. The van der Waals surface area contributed by atoms with Gasteiger partial charge in [-0.1, -0.05) is 23.7 Å². The van der Waals surface area contributed by atoms with Gasteiger partial charge in [0, 0.05) is 40.7 Å². The first-order valence-corrected chi connectivity index (χ1v) is 10.4. The van der Waals surface area contributed by atoms with Crippen LogP contribution in [0, 0.1) is 12.8 Å². The van der Waals surface area contributed by atoms with Crippen molar-refractivity contribution in [3.05, 3.63) is 58.7 Å². The van der Waals surface area contributed by atoms with Crippen LogP contribution in [0.3, 0.4) is 0 Å². The van der Waals surface area contributed by atoms with Crippen molar-refractivity contribution in [3.8, 4) is 0 Å². The normalized spacial score (nSPS) is 16.5. The van der Waals surface area contributed by atoms with Gasteiger partial charge >= 0.3 is 6.03 Å². The van der Waals surface area contributed by atoms with Crippen LogP contribution in [0.1, 0.15) is 30.1 Å². The summed E-state index contributed by atoms with van der Waals surface area (Å²) in [6.45, 7) is 2.28. The summed E-state index contributed by atoms with van der Waals surface area (Å²) in [4.78, 5) is 14.0. The number of aryl methyl sites for hydroxylation is 1. The number of nitrogens with one attached hydrogen (secondary N) is 2. The molecule has 0 saturated carbocycles. The quantitative estimate of drug-likeness (QED) is 0.517. The highest BCUT2D eigenvalue weighted by atomic mass is 35.5. The number of likely N-dealkylation sites (tertiary alicyclic amines) is 1. The first-order valence-electron chi connectivity index (χ1n) is 10.1. The van der Waals surface area contributed by atoms with Crippen LogP contribution in [0.15, 0.2) is 42.6 Å². The smallest absolute Gasteiger partial charge is 0.321 e. The number of anilines is 1. The van der Waals surface area contributed by atoms with Crippen molar-refractivity contribution >= 4 is 34.2 Å². The average molecular weight is 449 g/mol. The van der Waals surface area contributed by atoms with E-state index in [-0.39, 0.29) is 42.5 Å². The topological polar surface area (TPSA) is 81.2 Å². The zero-order valence-corrected chi connectivity index (χ0v) is 17.7. The number of benzene rings is 2. The molecular weight excluding hydrogens is 426 g/mol. The number of halogens is 3. The molecule has 1 atom stereocenters. The number of rotatable bonds is 4. The van der Waals surface area contributed by atoms with Gasteiger partial charge in [0.05, 0.1) is 11.7 Å². The molecule has 3 N–H and O–H groups in total. The molecule has 6 nitrogen and oxygen atoms in total. The molecule has 0 bridgehead atoms. The zero-order valence-electron chi connectivity index (χ0n) is 16.9. The van der Waals surface area contributed by atoms with E-state index in [1.807, 2.05) is 25.1 Å². The molecule has 1 unspecified atom stereocenters. The molecule has 2 amide bonds. The maximum atomic E-state index is 15.2. The van der Waals surface area contributed by atoms with E-state index in [0.717, 1.165) is 5.56 Å². The SMILES string of the molecule is Cc1cccc(NC(=O)N2CCC(C(F)(F)C(O)c3cc(Cl)cc4cn[nH]c34)CC2)c1. The predicted molar refractivity (Wildman–Crippen MR) is 116 cm³/mol. The number of urea groups is 1. The summed E-state index contributed by atoms with van der Waals surface area (Å²) in [5.41, 5.74) is 2.03. The number of aliphatic hydroxyl groups is 1. The molecule has 1 aliphatic rings. The Morgan fingerprint density at radius 1 is 1.32 bits per heavy atom. The zero-order chi connectivity index (χ0) is 22.2. The van der Waals surface area contributed by atoms with Crippen LogP contribution in [-0.2, 0) is 0 Å². The van der Waals surface area contributed by atoms with Crippen molar-refractivity contribution in [3.63, 3.8) is 0 Å². The number of fused-ring (bicyclic) bond motifs is 1. The minimum atomic E-state index is -3.39. The van der Waals surface area contributed by atoms with Crippen LogP contribution < -0.4 is 5.32 Å². The van der Waals surface area contributed by atoms with Crippen molar-refractivity contribution in [1.29, 1.82) is 0 Å². The minimum Gasteiger partial charge on any atom is -0.382 e. The maximum absolute atomic E-state index is 15.2. The van der Waals surface area contributed by atoms with Crippen molar-refractivity contribution in [2.24, 2.45) is 5.92 Å². The highest BCUT2D eigenvalue weighted by Crippen LogP contribution is 2.44. The number of carbonyl (C=O) groups excluding carboxylic acids is 1. The van der Waals surface area contributed by atoms with Crippen molar-refractivity contribution in [2.75, 3.05) is 18.4 Å². The van der Waals surface area contributed by atoms with Crippen LogP contribution in [0.2, 0.25) is 5.02 Å². The van der Waals surface area contributed by atoms with Crippen LogP contribution in [0.5, 0.6) is 0 Å². The summed E-state index contributed by atoms with van der Waals surface area (Å²) in [7, 11) is 0. The van der Waals surface area contributed by atoms with Gasteiger partial charge in [0.2, 0.25) is 0 Å². The summed E-state index contributed by atoms with van der Waals surface area (Å²) in [5, 5.41) is 20.7. The van der Waals surface area contributed by atoms with Crippen molar-refractivity contribution in [1.82, 2.24) is 15.1 Å². The highest BCUT2D eigenvalue weighted by Gasteiger charge is 2.48. The number of alkyl halides is 2. The molecule has 0 aliphatic carbocycles. The van der Waals surface area contributed by atoms with E-state index < -0.39 is 17.9 Å². The second-order valence-corrected chi connectivity index (χ2v) is 8.40. The number of carbonyl (C=O) groups is 1. The lowest BCUT2D eigenvalue weighted by atomic mass is 9.85. The number of piperidine rings is 1. The molecule has 1 aromatic heterocycles. The third-order valence-electron chi connectivity index (χ3n) is 5.80. The summed E-state index contributed by atoms with van der Waals surface area (Å²) >= 11 is 6.04. The summed E-state index contributed by atoms with van der Waals surface area (Å²) in [6.07, 6.45) is -0.400. The number of aromatic amines is 1. The van der Waals surface area contributed by atoms with E-state index in [2.05, 4.69) is 15.5 Å². The van der Waals surface area contributed by atoms with E-state index in [4.69, 9.17) is 11.6 Å². The lowest BCUT2D eigenvalue weighted by Gasteiger charge is -2.37. The van der Waals surface area contributed by atoms with Gasteiger partial charge in [0.15, 0.2) is 0 Å². The lowest BCUT2D eigenvalue weighted by molar-refractivity contribution is -0.159. The van der Waals surface area contributed by atoms with Gasteiger partial charge in [-0.25, -0.2) is 13.6 Å². The van der Waals surface area contributed by atoms with E-state index in [1.54, 1.807) is 12.1 Å². The van der Waals surface area contributed by atoms with E-state index in [1.165, 1.54) is 17.2 Å². The maximum Gasteiger partial charge on any atom is 0.321 e. The Labute approximate surface area is 183 Å². The Bertz CT molecular complexity index is 1100. The third-order valence-corrected chi connectivity index (χ3v) is 6.02. The average Bonchev–Trinajstić information content (AvgIpc) is 3.21. The van der Waals surface area contributed by atoms with Crippen LogP contribution in [-0.4, -0.2) is 45.2 Å². The van der Waals surface area contributed by atoms with E-state index >= 15 is 8.78 Å². The number of H-pyrrole nitrogens is 1. The molecule has 4 rings (SSSR count). The number of aliphatic hydroxyl groups excluding tert-OH is 1. The molecule has 1 saturated heterocycles. The standard InChI is InChI=1S/C22H23ClF2N4O2/c1-13-3-2-4-17(9-13)27-21(31)29-7-5-15(6-8-29)22(24,25)20(30)18-11-16(23)10-14-12-26-28-19(14)18/h2-4,9-12,15,20,30H,5-8H2,1H3,(H,26,28)(H,27,31). The lowest BCUT2D eigenvalue weighted by Crippen LogP contribution is -2.46. The number of amides is 2. The number of hydrogen-bond donors (Lipinski definition) is 3. The van der Waals surface area contributed by atoms with Crippen LogP contribution in [0.4, 0.5) is 19.3 Å². The monoisotopic (exact) mass is 448 g/mol. The van der Waals surface area contributed by atoms with Gasteiger partial charge in [-0.15, -0.1) is 0 Å². The molecule has 2 heterocycles. The fourth-order valence-corrected chi connectivity index (χ4v) is 4.32. The molecule has 2 aromatic carbocycles. The van der Waals surface area contributed by atoms with Crippen LogP contribution in [0.25, 0.3) is 10.9 Å². The van der Waals surface area contributed by atoms with E-state index in [0.29, 0.717) is 16.6 Å². The predicted octanol–water partition coefficient (Wildman–Crippen LogP) is 5.14. The minimum absolute atomic E-state index is 0.0182. The molecule has 9 heteroatoms. The van der Waals surface area contributed by atoms with Gasteiger partial charge in [-0.05, 0) is 49.6 Å². The van der Waals surface area contributed by atoms with Crippen molar-refractivity contribution in [2.45, 2.75) is 31.8 Å². The first-order chi connectivity index (χ1) is 14.8. The number of hydrogen-bond acceptors (Lipinski definition) is 3. The molecule has 164 valence electrons. The molecule has 1 aliphatic heterocycles. The Balaban J connectivity index is 1.43. The summed E-state index contributed by atoms with van der Waals surface area (Å²) < 4.78 is 30.5. The number of nitrogens with zero attached hydrogens (tertiary/aromatic N) is 2. The Morgan fingerprint density at radius 2 is 2.06 bits per heavy atom.